The van der Waals surface area contributed by atoms with Crippen molar-refractivity contribution in [2.45, 2.75) is 13.0 Å². The molecular formula is C20H19N3O3. The van der Waals surface area contributed by atoms with E-state index in [0.717, 1.165) is 34.4 Å². The number of nitrogens with zero attached hydrogens (tertiary/aromatic N) is 2. The Labute approximate surface area is 150 Å². The van der Waals surface area contributed by atoms with Crippen molar-refractivity contribution in [2.24, 2.45) is 0 Å². The number of methoxy groups -OCH3 is 2. The Morgan fingerprint density at radius 2 is 1.77 bits per heavy atom. The molecule has 0 atom stereocenters. The van der Waals surface area contributed by atoms with E-state index < -0.39 is 0 Å². The number of ether oxygens (including phenoxy) is 2. The molecule has 0 aliphatic heterocycles. The Morgan fingerprint density at radius 3 is 2.50 bits per heavy atom. The fourth-order valence-electron chi connectivity index (χ4n) is 3.10. The number of aromatic nitrogens is 3. The zero-order chi connectivity index (χ0) is 18.1. The van der Waals surface area contributed by atoms with Crippen LogP contribution in [0.4, 0.5) is 0 Å². The first-order valence-corrected chi connectivity index (χ1v) is 8.37. The van der Waals surface area contributed by atoms with Crippen LogP contribution < -0.4 is 15.0 Å². The third-order valence-corrected chi connectivity index (χ3v) is 4.58. The second kappa shape index (κ2) is 6.55. The van der Waals surface area contributed by atoms with Crippen molar-refractivity contribution in [3.05, 3.63) is 64.7 Å². The first-order valence-electron chi connectivity index (χ1n) is 8.37. The van der Waals surface area contributed by atoms with Crippen LogP contribution in [0, 0.1) is 0 Å². The molecule has 0 saturated heterocycles. The topological polar surface area (TPSA) is 69.1 Å². The van der Waals surface area contributed by atoms with E-state index in [4.69, 9.17) is 9.47 Å². The molecule has 0 unspecified atom stereocenters. The van der Waals surface area contributed by atoms with Gasteiger partial charge in [-0.25, -0.2) is 4.98 Å². The second-order valence-electron chi connectivity index (χ2n) is 6.10. The molecule has 4 aromatic rings. The average Bonchev–Trinajstić information content (AvgIpc) is 3.06. The number of aromatic amines is 1. The van der Waals surface area contributed by atoms with Crippen LogP contribution in [-0.4, -0.2) is 28.8 Å². The van der Waals surface area contributed by atoms with Crippen molar-refractivity contribution in [3.63, 3.8) is 0 Å². The SMILES string of the molecule is COc1ccc(CCn2cnc3c([nH]c4cc(OC)ccc43)c2=O)cc1. The molecule has 6 heteroatoms. The van der Waals surface area contributed by atoms with E-state index in [2.05, 4.69) is 9.97 Å². The van der Waals surface area contributed by atoms with Crippen LogP contribution in [-0.2, 0) is 13.0 Å². The number of benzene rings is 2. The molecule has 1 N–H and O–H groups in total. The van der Waals surface area contributed by atoms with E-state index in [-0.39, 0.29) is 5.56 Å². The highest BCUT2D eigenvalue weighted by molar-refractivity contribution is 6.04. The third-order valence-electron chi connectivity index (χ3n) is 4.58. The van der Waals surface area contributed by atoms with Gasteiger partial charge in [-0.2, -0.15) is 0 Å². The molecule has 0 spiro atoms. The highest BCUT2D eigenvalue weighted by Crippen LogP contribution is 2.25. The Morgan fingerprint density at radius 1 is 1.04 bits per heavy atom. The summed E-state index contributed by atoms with van der Waals surface area (Å²) in [6.07, 6.45) is 2.36. The summed E-state index contributed by atoms with van der Waals surface area (Å²) in [4.78, 5) is 20.5. The van der Waals surface area contributed by atoms with Crippen molar-refractivity contribution < 1.29 is 9.47 Å². The third kappa shape index (κ3) is 2.79. The van der Waals surface area contributed by atoms with Crippen LogP contribution in [0.1, 0.15) is 5.56 Å². The van der Waals surface area contributed by atoms with E-state index in [0.29, 0.717) is 17.6 Å². The maximum Gasteiger partial charge on any atom is 0.277 e. The van der Waals surface area contributed by atoms with E-state index in [1.165, 1.54) is 0 Å². The van der Waals surface area contributed by atoms with Gasteiger partial charge >= 0.3 is 0 Å². The van der Waals surface area contributed by atoms with Gasteiger partial charge in [0.25, 0.3) is 5.56 Å². The predicted octanol–water partition coefficient (Wildman–Crippen LogP) is 3.14. The van der Waals surface area contributed by atoms with Crippen LogP contribution >= 0.6 is 0 Å². The van der Waals surface area contributed by atoms with Gasteiger partial charge < -0.3 is 14.5 Å². The minimum atomic E-state index is -0.0707. The lowest BCUT2D eigenvalue weighted by Crippen LogP contribution is -2.21. The summed E-state index contributed by atoms with van der Waals surface area (Å²) < 4.78 is 12.0. The highest BCUT2D eigenvalue weighted by atomic mass is 16.5. The molecule has 0 aliphatic rings. The fourth-order valence-corrected chi connectivity index (χ4v) is 3.10. The maximum absolute atomic E-state index is 12.8. The molecule has 0 fully saturated rings. The van der Waals surface area contributed by atoms with Crippen LogP contribution in [0.25, 0.3) is 21.9 Å². The molecule has 2 aromatic carbocycles. The summed E-state index contributed by atoms with van der Waals surface area (Å²) in [6.45, 7) is 0.562. The molecule has 132 valence electrons. The largest absolute Gasteiger partial charge is 0.497 e. The fraction of sp³-hybridized carbons (Fsp3) is 0.200. The lowest BCUT2D eigenvalue weighted by Gasteiger charge is -2.06. The van der Waals surface area contributed by atoms with E-state index in [9.17, 15) is 4.79 Å². The molecule has 0 amide bonds. The summed E-state index contributed by atoms with van der Waals surface area (Å²) in [6, 6.07) is 13.5. The average molecular weight is 349 g/mol. The molecule has 0 radical (unpaired) electrons. The summed E-state index contributed by atoms with van der Waals surface area (Å²) in [5, 5.41) is 0.917. The zero-order valence-corrected chi connectivity index (χ0v) is 14.7. The van der Waals surface area contributed by atoms with Crippen molar-refractivity contribution in [1.29, 1.82) is 0 Å². The smallest absolute Gasteiger partial charge is 0.277 e. The lowest BCUT2D eigenvalue weighted by atomic mass is 10.1. The molecular weight excluding hydrogens is 330 g/mol. The van der Waals surface area contributed by atoms with Crippen molar-refractivity contribution in [1.82, 2.24) is 14.5 Å². The number of hydrogen-bond donors (Lipinski definition) is 1. The number of nitrogens with one attached hydrogen (secondary N) is 1. The van der Waals surface area contributed by atoms with Gasteiger partial charge in [0.1, 0.15) is 22.5 Å². The van der Waals surface area contributed by atoms with Gasteiger partial charge in [-0.3, -0.25) is 9.36 Å². The van der Waals surface area contributed by atoms with Crippen LogP contribution in [0.2, 0.25) is 0 Å². The van der Waals surface area contributed by atoms with E-state index >= 15 is 0 Å². The standard InChI is InChI=1S/C20H19N3O3/c1-25-14-5-3-13(4-6-14)9-10-23-12-21-18-16-8-7-15(26-2)11-17(16)22-19(18)20(23)24/h3-8,11-12,22H,9-10H2,1-2H3. The highest BCUT2D eigenvalue weighted by Gasteiger charge is 2.11. The van der Waals surface area contributed by atoms with Gasteiger partial charge in [0, 0.05) is 18.0 Å². The molecule has 6 nitrogen and oxygen atoms in total. The number of aryl methyl sites for hydroxylation is 2. The first-order chi connectivity index (χ1) is 12.7. The van der Waals surface area contributed by atoms with Crippen LogP contribution in [0.5, 0.6) is 11.5 Å². The van der Waals surface area contributed by atoms with Crippen molar-refractivity contribution in [2.75, 3.05) is 14.2 Å². The van der Waals surface area contributed by atoms with Crippen molar-refractivity contribution >= 4 is 21.9 Å². The first kappa shape index (κ1) is 16.2. The summed E-state index contributed by atoms with van der Waals surface area (Å²) in [5.74, 6) is 1.56. The number of rotatable bonds is 5. The van der Waals surface area contributed by atoms with E-state index in [1.54, 1.807) is 25.1 Å². The Balaban J connectivity index is 1.66. The molecule has 26 heavy (non-hydrogen) atoms. The minimum absolute atomic E-state index is 0.0707. The molecule has 0 bridgehead atoms. The number of H-pyrrole nitrogens is 1. The summed E-state index contributed by atoms with van der Waals surface area (Å²) in [5.41, 5.74) is 3.12. The predicted molar refractivity (Wildman–Crippen MR) is 101 cm³/mol. The lowest BCUT2D eigenvalue weighted by molar-refractivity contribution is 0.414. The number of fused-ring (bicyclic) bond motifs is 3. The Kier molecular flexibility index (Phi) is 4.08. The normalized spacial score (nSPS) is 11.2. The zero-order valence-electron chi connectivity index (χ0n) is 14.7. The summed E-state index contributed by atoms with van der Waals surface area (Å²) in [7, 11) is 3.26. The van der Waals surface area contributed by atoms with Gasteiger partial charge in [-0.1, -0.05) is 12.1 Å². The Hall–Kier alpha value is -3.28. The van der Waals surface area contributed by atoms with Gasteiger partial charge in [0.2, 0.25) is 0 Å². The summed E-state index contributed by atoms with van der Waals surface area (Å²) >= 11 is 0. The Bertz CT molecular complexity index is 1130. The molecule has 2 heterocycles. The second-order valence-corrected chi connectivity index (χ2v) is 6.10. The van der Waals surface area contributed by atoms with Gasteiger partial charge in [0.05, 0.1) is 26.1 Å². The number of hydrogen-bond acceptors (Lipinski definition) is 4. The molecule has 0 aliphatic carbocycles. The minimum Gasteiger partial charge on any atom is -0.497 e. The maximum atomic E-state index is 12.8. The molecule has 4 rings (SSSR count). The monoisotopic (exact) mass is 349 g/mol. The quantitative estimate of drug-likeness (QED) is 0.601. The molecule has 2 aromatic heterocycles. The van der Waals surface area contributed by atoms with Crippen LogP contribution in [0.3, 0.4) is 0 Å². The van der Waals surface area contributed by atoms with E-state index in [1.807, 2.05) is 42.5 Å². The molecule has 0 saturated carbocycles. The van der Waals surface area contributed by atoms with Crippen LogP contribution in [0.15, 0.2) is 53.6 Å². The van der Waals surface area contributed by atoms with Gasteiger partial charge in [-0.05, 0) is 36.2 Å². The van der Waals surface area contributed by atoms with Gasteiger partial charge in [0.15, 0.2) is 0 Å². The van der Waals surface area contributed by atoms with Gasteiger partial charge in [-0.15, -0.1) is 0 Å². The van der Waals surface area contributed by atoms with Crippen molar-refractivity contribution in [3.8, 4) is 11.5 Å².